The number of nitrogens with zero attached hydrogens (tertiary/aromatic N) is 1. The number of nitrogens with two attached hydrogens (primary N) is 1. The van der Waals surface area contributed by atoms with E-state index >= 15 is 0 Å². The van der Waals surface area contributed by atoms with E-state index in [-0.39, 0.29) is 23.7 Å². The smallest absolute Gasteiger partial charge is 0.231 e. The van der Waals surface area contributed by atoms with Crippen LogP contribution in [0.4, 0.5) is 10.1 Å². The molecule has 0 radical (unpaired) electrons. The molecule has 1 saturated carbocycles. The first-order valence-electron chi connectivity index (χ1n) is 6.96. The highest BCUT2D eigenvalue weighted by Crippen LogP contribution is 2.27. The molecule has 2 unspecified atom stereocenters. The van der Waals surface area contributed by atoms with Gasteiger partial charge in [0.1, 0.15) is 5.82 Å². The number of benzene rings is 1. The van der Waals surface area contributed by atoms with Gasteiger partial charge in [-0.25, -0.2) is 4.39 Å². The Hall–Kier alpha value is -1.42. The number of carbonyl (C=O) groups excluding carboxylic acids is 1. The van der Waals surface area contributed by atoms with Crippen molar-refractivity contribution >= 4 is 11.6 Å². The van der Waals surface area contributed by atoms with Crippen molar-refractivity contribution in [2.24, 2.45) is 11.7 Å². The highest BCUT2D eigenvalue weighted by molar-refractivity contribution is 5.95. The Labute approximate surface area is 113 Å². The van der Waals surface area contributed by atoms with E-state index < -0.39 is 0 Å². The van der Waals surface area contributed by atoms with Gasteiger partial charge in [0.15, 0.2) is 0 Å². The Bertz CT molecular complexity index is 450. The van der Waals surface area contributed by atoms with E-state index in [2.05, 4.69) is 0 Å². The van der Waals surface area contributed by atoms with Gasteiger partial charge in [-0.1, -0.05) is 18.9 Å². The summed E-state index contributed by atoms with van der Waals surface area (Å²) in [5.41, 5.74) is 6.67. The standard InChI is InChI=1S/C15H21FN2O/c1-2-18(12-7-5-6-11(16)10-12)15(19)13-8-3-4-9-14(13)17/h5-7,10,13-14H,2-4,8-9,17H2,1H3. The molecule has 0 saturated heterocycles. The van der Waals surface area contributed by atoms with Crippen LogP contribution < -0.4 is 10.6 Å². The van der Waals surface area contributed by atoms with Crippen LogP contribution in [0, 0.1) is 11.7 Å². The van der Waals surface area contributed by atoms with Crippen LogP contribution in [0.15, 0.2) is 24.3 Å². The van der Waals surface area contributed by atoms with Gasteiger partial charge in [0, 0.05) is 18.3 Å². The average molecular weight is 264 g/mol. The molecule has 104 valence electrons. The lowest BCUT2D eigenvalue weighted by atomic mass is 9.84. The Morgan fingerprint density at radius 1 is 1.42 bits per heavy atom. The molecule has 0 bridgehead atoms. The summed E-state index contributed by atoms with van der Waals surface area (Å²) in [5.74, 6) is -0.422. The predicted molar refractivity (Wildman–Crippen MR) is 74.4 cm³/mol. The van der Waals surface area contributed by atoms with Crippen molar-refractivity contribution in [2.45, 2.75) is 38.6 Å². The molecule has 1 aromatic carbocycles. The van der Waals surface area contributed by atoms with E-state index in [9.17, 15) is 9.18 Å². The van der Waals surface area contributed by atoms with E-state index in [1.54, 1.807) is 17.0 Å². The molecule has 19 heavy (non-hydrogen) atoms. The van der Waals surface area contributed by atoms with Crippen molar-refractivity contribution in [2.75, 3.05) is 11.4 Å². The van der Waals surface area contributed by atoms with E-state index in [1.165, 1.54) is 12.1 Å². The predicted octanol–water partition coefficient (Wildman–Crippen LogP) is 2.70. The second kappa shape index (κ2) is 6.15. The van der Waals surface area contributed by atoms with Crippen LogP contribution in [0.1, 0.15) is 32.6 Å². The maximum Gasteiger partial charge on any atom is 0.231 e. The molecule has 0 heterocycles. The number of amides is 1. The number of halogens is 1. The van der Waals surface area contributed by atoms with E-state index in [0.29, 0.717) is 12.2 Å². The van der Waals surface area contributed by atoms with Gasteiger partial charge in [0.2, 0.25) is 5.91 Å². The third-order valence-corrected chi connectivity index (χ3v) is 3.84. The zero-order valence-electron chi connectivity index (χ0n) is 11.3. The van der Waals surface area contributed by atoms with Gasteiger partial charge in [0.25, 0.3) is 0 Å². The molecule has 0 aliphatic heterocycles. The molecule has 0 aromatic heterocycles. The van der Waals surface area contributed by atoms with Crippen molar-refractivity contribution in [1.82, 2.24) is 0 Å². The SMILES string of the molecule is CCN(C(=O)C1CCCCC1N)c1cccc(F)c1. The van der Waals surface area contributed by atoms with Gasteiger partial charge in [-0.15, -0.1) is 0 Å². The van der Waals surface area contributed by atoms with Crippen molar-refractivity contribution in [3.63, 3.8) is 0 Å². The zero-order chi connectivity index (χ0) is 13.8. The summed E-state index contributed by atoms with van der Waals surface area (Å²) in [7, 11) is 0. The maximum atomic E-state index is 13.3. The van der Waals surface area contributed by atoms with Crippen LogP contribution in [0.3, 0.4) is 0 Å². The minimum atomic E-state index is -0.323. The third-order valence-electron chi connectivity index (χ3n) is 3.84. The van der Waals surface area contributed by atoms with Crippen LogP contribution in [0.5, 0.6) is 0 Å². The summed E-state index contributed by atoms with van der Waals surface area (Å²) in [4.78, 5) is 14.2. The van der Waals surface area contributed by atoms with Crippen molar-refractivity contribution in [3.05, 3.63) is 30.1 Å². The Morgan fingerprint density at radius 3 is 2.79 bits per heavy atom. The summed E-state index contributed by atoms with van der Waals surface area (Å²) < 4.78 is 13.3. The summed E-state index contributed by atoms with van der Waals surface area (Å²) in [6.45, 7) is 2.43. The topological polar surface area (TPSA) is 46.3 Å². The number of rotatable bonds is 3. The molecule has 2 rings (SSSR count). The zero-order valence-corrected chi connectivity index (χ0v) is 11.3. The molecule has 1 fully saturated rings. The van der Waals surface area contributed by atoms with E-state index in [0.717, 1.165) is 25.7 Å². The molecule has 3 nitrogen and oxygen atoms in total. The minimum absolute atomic E-state index is 0.0281. The molecule has 1 aromatic rings. The number of anilines is 1. The van der Waals surface area contributed by atoms with Crippen LogP contribution in [0.2, 0.25) is 0 Å². The number of hydrogen-bond donors (Lipinski definition) is 1. The van der Waals surface area contributed by atoms with Crippen LogP contribution >= 0.6 is 0 Å². The van der Waals surface area contributed by atoms with Crippen molar-refractivity contribution in [3.8, 4) is 0 Å². The molecular formula is C15H21FN2O. The summed E-state index contributed by atoms with van der Waals surface area (Å²) >= 11 is 0. The van der Waals surface area contributed by atoms with Gasteiger partial charge < -0.3 is 10.6 Å². The van der Waals surface area contributed by atoms with E-state index in [1.807, 2.05) is 6.92 Å². The lowest BCUT2D eigenvalue weighted by Crippen LogP contribution is -2.45. The first kappa shape index (κ1) is 14.0. The minimum Gasteiger partial charge on any atom is -0.327 e. The van der Waals surface area contributed by atoms with Gasteiger partial charge in [0.05, 0.1) is 5.92 Å². The Balaban J connectivity index is 2.19. The molecule has 2 atom stereocenters. The molecule has 1 aliphatic carbocycles. The molecule has 4 heteroatoms. The Morgan fingerprint density at radius 2 is 2.16 bits per heavy atom. The fraction of sp³-hybridized carbons (Fsp3) is 0.533. The quantitative estimate of drug-likeness (QED) is 0.912. The average Bonchev–Trinajstić information content (AvgIpc) is 2.40. The molecule has 0 spiro atoms. The third kappa shape index (κ3) is 3.13. The highest BCUT2D eigenvalue weighted by atomic mass is 19.1. The first-order valence-corrected chi connectivity index (χ1v) is 6.96. The monoisotopic (exact) mass is 264 g/mol. The molecular weight excluding hydrogens is 243 g/mol. The summed E-state index contributed by atoms with van der Waals surface area (Å²) in [6.07, 6.45) is 3.88. The largest absolute Gasteiger partial charge is 0.327 e. The highest BCUT2D eigenvalue weighted by Gasteiger charge is 2.31. The van der Waals surface area contributed by atoms with Gasteiger partial charge in [-0.2, -0.15) is 0 Å². The first-order chi connectivity index (χ1) is 9.13. The second-order valence-electron chi connectivity index (χ2n) is 5.12. The molecule has 1 amide bonds. The van der Waals surface area contributed by atoms with Crippen LogP contribution in [-0.2, 0) is 4.79 Å². The van der Waals surface area contributed by atoms with E-state index in [4.69, 9.17) is 5.73 Å². The van der Waals surface area contributed by atoms with Crippen molar-refractivity contribution in [1.29, 1.82) is 0 Å². The molecule has 2 N–H and O–H groups in total. The van der Waals surface area contributed by atoms with Gasteiger partial charge >= 0.3 is 0 Å². The van der Waals surface area contributed by atoms with Crippen LogP contribution in [0.25, 0.3) is 0 Å². The van der Waals surface area contributed by atoms with Gasteiger partial charge in [-0.05, 0) is 38.0 Å². The Kier molecular flexibility index (Phi) is 4.53. The van der Waals surface area contributed by atoms with Gasteiger partial charge in [-0.3, -0.25) is 4.79 Å². The number of carbonyl (C=O) groups is 1. The number of hydrogen-bond acceptors (Lipinski definition) is 2. The van der Waals surface area contributed by atoms with Crippen molar-refractivity contribution < 1.29 is 9.18 Å². The fourth-order valence-corrected chi connectivity index (χ4v) is 2.78. The second-order valence-corrected chi connectivity index (χ2v) is 5.12. The van der Waals surface area contributed by atoms with Crippen LogP contribution in [-0.4, -0.2) is 18.5 Å². The fourth-order valence-electron chi connectivity index (χ4n) is 2.78. The molecule has 1 aliphatic rings. The lowest BCUT2D eigenvalue weighted by molar-refractivity contribution is -0.123. The maximum absolute atomic E-state index is 13.3. The summed E-state index contributed by atoms with van der Waals surface area (Å²) in [6, 6.07) is 6.10. The lowest BCUT2D eigenvalue weighted by Gasteiger charge is -2.32. The normalized spacial score (nSPS) is 23.1. The summed E-state index contributed by atoms with van der Waals surface area (Å²) in [5, 5.41) is 0.